The van der Waals surface area contributed by atoms with Gasteiger partial charge in [-0.05, 0) is 6.92 Å². The van der Waals surface area contributed by atoms with Gasteiger partial charge in [0, 0.05) is 35.0 Å². The second-order valence-electron chi connectivity index (χ2n) is 3.20. The summed E-state index contributed by atoms with van der Waals surface area (Å²) >= 11 is 0. The first-order chi connectivity index (χ1) is 6.92. The third-order valence-electron chi connectivity index (χ3n) is 1.62. The highest BCUT2D eigenvalue weighted by Gasteiger charge is 2.18. The number of sulfonamides is 1. The van der Waals surface area contributed by atoms with Crippen molar-refractivity contribution in [3.8, 4) is 0 Å². The largest absolute Gasteiger partial charge is 0.284 e. The maximum absolute atomic E-state index is 11.6. The summed E-state index contributed by atoms with van der Waals surface area (Å²) in [4.78, 5) is 0.0798. The van der Waals surface area contributed by atoms with Crippen molar-refractivity contribution >= 4 is 20.8 Å². The van der Waals surface area contributed by atoms with Crippen molar-refractivity contribution in [1.82, 2.24) is 14.9 Å². The van der Waals surface area contributed by atoms with Gasteiger partial charge in [0.1, 0.15) is 4.90 Å². The van der Waals surface area contributed by atoms with Gasteiger partial charge in [0.2, 0.25) is 10.0 Å². The molecule has 1 aromatic rings. The van der Waals surface area contributed by atoms with Gasteiger partial charge in [0.05, 0.1) is 6.20 Å². The molecule has 0 spiro atoms. The molecule has 2 unspecified atom stereocenters. The molecule has 1 aromatic heterocycles. The summed E-state index contributed by atoms with van der Waals surface area (Å²) in [5, 5.41) is 5.97. The Kier molecular flexibility index (Phi) is 4.00. The predicted molar refractivity (Wildman–Crippen MR) is 57.3 cm³/mol. The number of rotatable bonds is 5. The first-order valence-corrected chi connectivity index (χ1v) is 7.44. The summed E-state index contributed by atoms with van der Waals surface area (Å²) < 4.78 is 36.5. The van der Waals surface area contributed by atoms with Crippen LogP contribution in [0.25, 0.3) is 0 Å². The number of nitrogens with one attached hydrogen (secondary N) is 2. The van der Waals surface area contributed by atoms with Crippen LogP contribution >= 0.6 is 0 Å². The summed E-state index contributed by atoms with van der Waals surface area (Å²) in [7, 11) is -4.57. The predicted octanol–water partition coefficient (Wildman–Crippen LogP) is -0.545. The minimum Gasteiger partial charge on any atom is -0.284 e. The highest BCUT2D eigenvalue weighted by atomic mass is 32.2. The van der Waals surface area contributed by atoms with Gasteiger partial charge in [-0.2, -0.15) is 5.10 Å². The molecule has 86 valence electrons. The Morgan fingerprint density at radius 3 is 2.80 bits per heavy atom. The van der Waals surface area contributed by atoms with Crippen LogP contribution in [0.3, 0.4) is 0 Å². The van der Waals surface area contributed by atoms with Crippen LogP contribution in [0.1, 0.15) is 6.92 Å². The van der Waals surface area contributed by atoms with E-state index >= 15 is 0 Å². The highest BCUT2D eigenvalue weighted by molar-refractivity contribution is 7.89. The second-order valence-corrected chi connectivity index (χ2v) is 6.39. The van der Waals surface area contributed by atoms with Gasteiger partial charge < -0.3 is 0 Å². The number of H-pyrrole nitrogens is 1. The van der Waals surface area contributed by atoms with E-state index in [1.165, 1.54) is 18.6 Å². The molecule has 0 aromatic carbocycles. The first-order valence-electron chi connectivity index (χ1n) is 4.23. The fourth-order valence-electron chi connectivity index (χ4n) is 1.10. The molecule has 0 saturated heterocycles. The topological polar surface area (TPSA) is 91.9 Å². The summed E-state index contributed by atoms with van der Waals surface area (Å²) in [5.41, 5.74) is 0. The van der Waals surface area contributed by atoms with E-state index in [4.69, 9.17) is 0 Å². The molecule has 2 N–H and O–H groups in total. The molecule has 0 aliphatic rings. The Morgan fingerprint density at radius 2 is 2.33 bits per heavy atom. The van der Waals surface area contributed by atoms with Crippen molar-refractivity contribution in [3.05, 3.63) is 12.4 Å². The quantitative estimate of drug-likeness (QED) is 0.735. The van der Waals surface area contributed by atoms with Crippen LogP contribution < -0.4 is 4.72 Å². The Labute approximate surface area is 91.0 Å². The number of nitrogens with zero attached hydrogens (tertiary/aromatic N) is 1. The first kappa shape index (κ1) is 12.3. The number of hydrogen-bond donors (Lipinski definition) is 2. The Balaban J connectivity index is 2.69. The summed E-state index contributed by atoms with van der Waals surface area (Å²) in [6.45, 7) is 1.67. The molecule has 0 radical (unpaired) electrons. The van der Waals surface area contributed by atoms with Crippen LogP contribution in [0.5, 0.6) is 0 Å². The van der Waals surface area contributed by atoms with E-state index in [-0.39, 0.29) is 16.7 Å². The molecule has 2 atom stereocenters. The molecule has 15 heavy (non-hydrogen) atoms. The third kappa shape index (κ3) is 3.73. The number of aromatic amines is 1. The van der Waals surface area contributed by atoms with E-state index in [2.05, 4.69) is 14.9 Å². The van der Waals surface area contributed by atoms with Gasteiger partial charge in [0.15, 0.2) is 0 Å². The minimum atomic E-state index is -3.54. The zero-order valence-electron chi connectivity index (χ0n) is 8.43. The van der Waals surface area contributed by atoms with Crippen molar-refractivity contribution in [3.63, 3.8) is 0 Å². The molecule has 1 heterocycles. The van der Waals surface area contributed by atoms with E-state index in [9.17, 15) is 12.6 Å². The van der Waals surface area contributed by atoms with Gasteiger partial charge in [0.25, 0.3) is 0 Å². The zero-order valence-corrected chi connectivity index (χ0v) is 10.1. The standard InChI is InChI=1S/C7H13N3O3S2/c1-6(5-14(2)11)10-15(12,13)7-3-8-9-4-7/h3-4,6,10H,5H2,1-2H3,(H,8,9). The van der Waals surface area contributed by atoms with Crippen molar-refractivity contribution in [1.29, 1.82) is 0 Å². The Bertz CT molecular complexity index is 426. The normalized spacial score (nSPS) is 16.1. The average molecular weight is 251 g/mol. The fourth-order valence-corrected chi connectivity index (χ4v) is 3.15. The molecular weight excluding hydrogens is 238 g/mol. The molecule has 0 saturated carbocycles. The molecule has 0 bridgehead atoms. The Morgan fingerprint density at radius 1 is 1.67 bits per heavy atom. The van der Waals surface area contributed by atoms with Crippen molar-refractivity contribution in [2.45, 2.75) is 17.9 Å². The fraction of sp³-hybridized carbons (Fsp3) is 0.571. The lowest BCUT2D eigenvalue weighted by atomic mass is 10.4. The smallest absolute Gasteiger partial charge is 0.243 e. The van der Waals surface area contributed by atoms with Gasteiger partial charge in [-0.1, -0.05) is 0 Å². The number of aromatic nitrogens is 2. The van der Waals surface area contributed by atoms with Crippen LogP contribution in [0.15, 0.2) is 17.3 Å². The van der Waals surface area contributed by atoms with Crippen molar-refractivity contribution in [2.24, 2.45) is 0 Å². The van der Waals surface area contributed by atoms with Gasteiger partial charge in [-0.25, -0.2) is 13.1 Å². The van der Waals surface area contributed by atoms with Crippen LogP contribution in [-0.4, -0.2) is 40.9 Å². The maximum Gasteiger partial charge on any atom is 0.243 e. The molecular formula is C7H13N3O3S2. The maximum atomic E-state index is 11.6. The number of hydrogen-bond acceptors (Lipinski definition) is 4. The molecule has 1 rings (SSSR count). The lowest BCUT2D eigenvalue weighted by Crippen LogP contribution is -2.36. The second kappa shape index (κ2) is 4.86. The van der Waals surface area contributed by atoms with Crippen LogP contribution in [0, 0.1) is 0 Å². The van der Waals surface area contributed by atoms with E-state index in [0.29, 0.717) is 0 Å². The van der Waals surface area contributed by atoms with Gasteiger partial charge in [-0.3, -0.25) is 9.31 Å². The van der Waals surface area contributed by atoms with E-state index < -0.39 is 20.8 Å². The van der Waals surface area contributed by atoms with E-state index in [1.54, 1.807) is 6.92 Å². The highest BCUT2D eigenvalue weighted by Crippen LogP contribution is 2.05. The third-order valence-corrected chi connectivity index (χ3v) is 4.15. The van der Waals surface area contributed by atoms with Crippen LogP contribution in [-0.2, 0) is 20.8 Å². The summed E-state index contributed by atoms with van der Waals surface area (Å²) in [5.74, 6) is 0.289. The minimum absolute atomic E-state index is 0.0798. The lowest BCUT2D eigenvalue weighted by molar-refractivity contribution is 0.570. The summed E-state index contributed by atoms with van der Waals surface area (Å²) in [6, 6.07) is -0.365. The SMILES string of the molecule is CC(CS(C)=O)NS(=O)(=O)c1cn[nH]c1. The molecule has 6 nitrogen and oxygen atoms in total. The average Bonchev–Trinajstić information content (AvgIpc) is 2.51. The molecule has 0 amide bonds. The van der Waals surface area contributed by atoms with Crippen LogP contribution in [0.2, 0.25) is 0 Å². The van der Waals surface area contributed by atoms with Crippen molar-refractivity contribution in [2.75, 3.05) is 12.0 Å². The van der Waals surface area contributed by atoms with E-state index in [0.717, 1.165) is 0 Å². The zero-order chi connectivity index (χ0) is 11.5. The summed E-state index contributed by atoms with van der Waals surface area (Å²) in [6.07, 6.45) is 4.04. The van der Waals surface area contributed by atoms with Crippen LogP contribution in [0.4, 0.5) is 0 Å². The lowest BCUT2D eigenvalue weighted by Gasteiger charge is -2.11. The van der Waals surface area contributed by atoms with Gasteiger partial charge in [-0.15, -0.1) is 0 Å². The monoisotopic (exact) mass is 251 g/mol. The molecule has 0 fully saturated rings. The van der Waals surface area contributed by atoms with Gasteiger partial charge >= 0.3 is 0 Å². The molecule has 8 heteroatoms. The van der Waals surface area contributed by atoms with Crippen molar-refractivity contribution < 1.29 is 12.6 Å². The molecule has 0 aliphatic heterocycles. The Hall–Kier alpha value is -0.730. The molecule has 0 aliphatic carbocycles. The van der Waals surface area contributed by atoms with E-state index in [1.807, 2.05) is 0 Å².